The summed E-state index contributed by atoms with van der Waals surface area (Å²) >= 11 is 5.55. The third kappa shape index (κ3) is 14.2. The van der Waals surface area contributed by atoms with Crippen LogP contribution in [0.25, 0.3) is 0 Å². The summed E-state index contributed by atoms with van der Waals surface area (Å²) in [6.07, 6.45) is -4.80. The number of hydrogen-bond acceptors (Lipinski definition) is 21. The van der Waals surface area contributed by atoms with E-state index in [4.69, 9.17) is 88.3 Å². The molecule has 0 bridgehead atoms. The van der Waals surface area contributed by atoms with Crippen LogP contribution in [0.5, 0.6) is 0 Å². The first-order chi connectivity index (χ1) is 25.3. The number of aromatic amines is 1. The Bertz CT molecular complexity index is 1720. The molecule has 1 aromatic heterocycles. The molecule has 1 saturated heterocycles. The van der Waals surface area contributed by atoms with Crippen molar-refractivity contribution in [1.82, 2.24) is 9.55 Å². The van der Waals surface area contributed by atoms with Gasteiger partial charge in [-0.25, -0.2) is 13.9 Å². The van der Waals surface area contributed by atoms with E-state index in [0.717, 1.165) is 23.9 Å². The summed E-state index contributed by atoms with van der Waals surface area (Å²) in [5, 5.41) is 45.1. The zero-order chi connectivity index (χ0) is 39.4. The Balaban J connectivity index is 2.81. The maximum atomic E-state index is 13.8. The lowest BCUT2D eigenvalue weighted by Crippen LogP contribution is -2.52. The Morgan fingerprint density at radius 1 is 0.774 bits per heavy atom. The molecule has 2 heterocycles. The summed E-state index contributed by atoms with van der Waals surface area (Å²) < 4.78 is 90.3. The maximum Gasteiger partial charge on any atom is 0.474 e. The van der Waals surface area contributed by atoms with Gasteiger partial charge in [0.05, 0.1) is 109 Å². The molecule has 0 amide bonds. The Labute approximate surface area is 308 Å². The second-order valence-electron chi connectivity index (χ2n) is 10.1. The van der Waals surface area contributed by atoms with Gasteiger partial charge in [-0.05, 0) is 11.8 Å². The van der Waals surface area contributed by atoms with Crippen LogP contribution in [0.15, 0.2) is 21.9 Å². The van der Waals surface area contributed by atoms with Gasteiger partial charge in [0, 0.05) is 26.5 Å². The normalized spacial score (nSPS) is 19.2. The van der Waals surface area contributed by atoms with Crippen molar-refractivity contribution in [2.75, 3.05) is 60.5 Å². The van der Waals surface area contributed by atoms with E-state index < -0.39 is 97.3 Å². The van der Waals surface area contributed by atoms with E-state index in [9.17, 15) is 18.7 Å². The van der Waals surface area contributed by atoms with Crippen LogP contribution in [0.2, 0.25) is 0 Å². The van der Waals surface area contributed by atoms with Gasteiger partial charge in [0.2, 0.25) is 0 Å². The molecule has 0 aliphatic carbocycles. The predicted molar refractivity (Wildman–Crippen MR) is 179 cm³/mol. The monoisotopic (exact) mass is 823 g/mol. The van der Waals surface area contributed by atoms with Crippen molar-refractivity contribution >= 4 is 34.2 Å². The number of ether oxygens (including phenoxy) is 2. The second-order valence-corrected chi connectivity index (χ2v) is 16.5. The first kappa shape index (κ1) is 46.0. The number of hydrogen-bond donors (Lipinski definition) is 1. The smallest absolute Gasteiger partial charge is 0.374 e. The summed E-state index contributed by atoms with van der Waals surface area (Å²) in [5.41, 5.74) is -4.05. The van der Waals surface area contributed by atoms with Gasteiger partial charge < -0.3 is 18.5 Å². The Morgan fingerprint density at radius 2 is 1.21 bits per heavy atom. The topological polar surface area (TPSA) is 309 Å². The molecule has 0 radical (unpaired) electrons. The minimum absolute atomic E-state index is 0.140. The molecule has 1 N–H and O–H groups in total. The quantitative estimate of drug-likeness (QED) is 0.104. The predicted octanol–water partition coefficient (Wildman–Crippen LogP) is 2.98. The van der Waals surface area contributed by atoms with Crippen molar-refractivity contribution in [3.05, 3.63) is 33.1 Å². The third-order valence-electron chi connectivity index (χ3n) is 6.57. The van der Waals surface area contributed by atoms with Crippen LogP contribution in [-0.2, 0) is 71.1 Å². The fraction of sp³-hybridized carbons (Fsp3) is 0.667. The van der Waals surface area contributed by atoms with Crippen molar-refractivity contribution in [2.24, 2.45) is 0 Å². The molecule has 1 fully saturated rings. The van der Waals surface area contributed by atoms with Gasteiger partial charge in [0.15, 0.2) is 6.23 Å². The number of phosphoric acid groups is 2. The standard InChI is InChI=1S/C27H36N7O15P3S/c1-39-23-24(49-52(53,40-2)45-19-7-13-32)27(48-25(23)34-14-8-22(35)33-26(34)36,20-46-50(37,41-15-3-9-28)42-16-4-10-29)21-47-51(38,43-17-5-11-30)44-18-6-12-31/h8,14,23-25H,3-7,15-21H2,1-2H3,(H,33,35,36). The van der Waals surface area contributed by atoms with Gasteiger partial charge in [-0.3, -0.25) is 46.0 Å². The maximum absolute atomic E-state index is 13.8. The number of nitrogens with one attached hydrogen (secondary N) is 1. The molecule has 4 atom stereocenters. The molecule has 53 heavy (non-hydrogen) atoms. The Morgan fingerprint density at radius 3 is 1.58 bits per heavy atom. The van der Waals surface area contributed by atoms with Crippen LogP contribution >= 0.6 is 22.4 Å². The van der Waals surface area contributed by atoms with E-state index in [2.05, 4.69) is 4.98 Å². The molecular formula is C27H36N7O15P3S. The summed E-state index contributed by atoms with van der Waals surface area (Å²) in [4.78, 5) is 27.1. The fourth-order valence-corrected chi connectivity index (χ4v) is 8.34. The molecule has 22 nitrogen and oxygen atoms in total. The molecule has 0 aromatic carbocycles. The molecule has 1 aliphatic heterocycles. The third-order valence-corrected chi connectivity index (χ3v) is 11.9. The van der Waals surface area contributed by atoms with Crippen LogP contribution < -0.4 is 11.2 Å². The lowest BCUT2D eigenvalue weighted by Gasteiger charge is -2.37. The number of H-pyrrole nitrogens is 1. The zero-order valence-electron chi connectivity index (χ0n) is 28.4. The van der Waals surface area contributed by atoms with Crippen molar-refractivity contribution in [3.63, 3.8) is 0 Å². The molecule has 0 saturated carbocycles. The Kier molecular flexibility index (Phi) is 19.8. The number of methoxy groups -OCH3 is 1. The molecule has 290 valence electrons. The van der Waals surface area contributed by atoms with E-state index in [0.29, 0.717) is 0 Å². The first-order valence-electron chi connectivity index (χ1n) is 15.3. The van der Waals surface area contributed by atoms with Crippen LogP contribution in [0, 0.1) is 56.7 Å². The SMILES string of the molecule is COC1C(n2ccc(=O)[nH]c2=O)OC(COP(=O)(OCCC#N)OCCC#N)(COP(=O)(OCCC#N)OCCC#N)C1OP(=S)(OC)OCCC#N. The molecule has 2 rings (SSSR count). The molecule has 4 unspecified atom stereocenters. The number of phosphoric ester groups is 2. The van der Waals surface area contributed by atoms with E-state index >= 15 is 0 Å². The van der Waals surface area contributed by atoms with Gasteiger partial charge >= 0.3 is 28.1 Å². The highest BCUT2D eigenvalue weighted by molar-refractivity contribution is 8.07. The van der Waals surface area contributed by atoms with E-state index in [1.807, 2.05) is 6.07 Å². The largest absolute Gasteiger partial charge is 0.474 e. The van der Waals surface area contributed by atoms with Crippen LogP contribution in [0.1, 0.15) is 38.3 Å². The van der Waals surface area contributed by atoms with Crippen molar-refractivity contribution < 1.29 is 59.3 Å². The van der Waals surface area contributed by atoms with Crippen molar-refractivity contribution in [3.8, 4) is 30.3 Å². The molecule has 26 heteroatoms. The molecule has 0 spiro atoms. The summed E-state index contributed by atoms with van der Waals surface area (Å²) in [6, 6.07) is 10.0. The number of rotatable bonds is 26. The van der Waals surface area contributed by atoms with Gasteiger partial charge in [-0.2, -0.15) is 26.3 Å². The van der Waals surface area contributed by atoms with Gasteiger partial charge in [0.1, 0.15) is 17.8 Å². The highest BCUT2D eigenvalue weighted by atomic mass is 32.5. The van der Waals surface area contributed by atoms with Crippen LogP contribution in [0.4, 0.5) is 0 Å². The number of nitriles is 5. The summed E-state index contributed by atoms with van der Waals surface area (Å²) in [7, 11) is -7.06. The minimum atomic E-state index is -4.69. The molecule has 1 aliphatic rings. The van der Waals surface area contributed by atoms with Gasteiger partial charge in [-0.15, -0.1) is 0 Å². The lowest BCUT2D eigenvalue weighted by atomic mass is 9.97. The summed E-state index contributed by atoms with van der Waals surface area (Å²) in [6.45, 7) is -7.93. The van der Waals surface area contributed by atoms with Crippen LogP contribution in [0.3, 0.4) is 0 Å². The Hall–Kier alpha value is -3.20. The zero-order valence-corrected chi connectivity index (χ0v) is 31.9. The first-order valence-corrected chi connectivity index (χ1v) is 20.7. The minimum Gasteiger partial charge on any atom is -0.374 e. The van der Waals surface area contributed by atoms with E-state index in [-0.39, 0.29) is 38.7 Å². The van der Waals surface area contributed by atoms with Crippen LogP contribution in [-0.4, -0.2) is 87.8 Å². The lowest BCUT2D eigenvalue weighted by molar-refractivity contribution is -0.146. The molecular weight excluding hydrogens is 787 g/mol. The fourth-order valence-electron chi connectivity index (χ4n) is 4.22. The number of aromatic nitrogens is 2. The van der Waals surface area contributed by atoms with E-state index in [1.54, 1.807) is 24.3 Å². The van der Waals surface area contributed by atoms with E-state index in [1.165, 1.54) is 7.11 Å². The van der Waals surface area contributed by atoms with Crippen molar-refractivity contribution in [2.45, 2.75) is 56.1 Å². The average Bonchev–Trinajstić information content (AvgIpc) is 3.43. The van der Waals surface area contributed by atoms with Crippen molar-refractivity contribution in [1.29, 1.82) is 26.3 Å². The van der Waals surface area contributed by atoms with Gasteiger partial charge in [0.25, 0.3) is 5.56 Å². The molecule has 1 aromatic rings. The highest BCUT2D eigenvalue weighted by Crippen LogP contribution is 2.58. The average molecular weight is 824 g/mol. The number of nitrogens with zero attached hydrogens (tertiary/aromatic N) is 6. The van der Waals surface area contributed by atoms with Gasteiger partial charge in [-0.1, -0.05) is 0 Å². The highest BCUT2D eigenvalue weighted by Gasteiger charge is 2.61. The summed E-state index contributed by atoms with van der Waals surface area (Å²) in [5.74, 6) is 0. The second kappa shape index (κ2) is 22.9.